The predicted octanol–water partition coefficient (Wildman–Crippen LogP) is 1.24. The van der Waals surface area contributed by atoms with Crippen LogP contribution in [0.15, 0.2) is 18.3 Å². The second-order valence-corrected chi connectivity index (χ2v) is 5.22. The number of pyridine rings is 1. The largest absolute Gasteiger partial charge is 0.378 e. The zero-order chi connectivity index (χ0) is 15.1. The predicted molar refractivity (Wildman–Crippen MR) is 83.7 cm³/mol. The van der Waals surface area contributed by atoms with Crippen LogP contribution in [-0.2, 0) is 9.53 Å². The maximum atomic E-state index is 11.9. The lowest BCUT2D eigenvalue weighted by molar-refractivity contribution is -0.116. The third-order valence-corrected chi connectivity index (χ3v) is 3.41. The molecule has 1 aliphatic heterocycles. The minimum absolute atomic E-state index is 0.00405. The molecular weight excluding hydrogens is 268 g/mol. The maximum absolute atomic E-state index is 11.9. The van der Waals surface area contributed by atoms with Gasteiger partial charge in [-0.05, 0) is 25.6 Å². The molecule has 0 spiro atoms. The molecule has 1 fully saturated rings. The van der Waals surface area contributed by atoms with E-state index in [-0.39, 0.29) is 11.9 Å². The molecule has 1 aliphatic rings. The standard InChI is InChI=1S/C15H24N4O2/c1-3-16-12(2)10-15(20)18-13-4-5-14(17-11-13)19-6-8-21-9-7-19/h4-5,11-12,16H,3,6-10H2,1-2H3,(H,18,20). The third-order valence-electron chi connectivity index (χ3n) is 3.41. The van der Waals surface area contributed by atoms with Crippen molar-refractivity contribution in [2.24, 2.45) is 0 Å². The van der Waals surface area contributed by atoms with Crippen molar-refractivity contribution in [2.45, 2.75) is 26.3 Å². The molecule has 0 aromatic carbocycles. The summed E-state index contributed by atoms with van der Waals surface area (Å²) in [5.41, 5.74) is 0.737. The smallest absolute Gasteiger partial charge is 0.225 e. The average Bonchev–Trinajstić information content (AvgIpc) is 2.49. The fraction of sp³-hybridized carbons (Fsp3) is 0.600. The molecule has 2 heterocycles. The number of aromatic nitrogens is 1. The molecule has 0 aliphatic carbocycles. The molecular formula is C15H24N4O2. The molecule has 0 saturated carbocycles. The van der Waals surface area contributed by atoms with Gasteiger partial charge in [-0.15, -0.1) is 0 Å². The van der Waals surface area contributed by atoms with Crippen LogP contribution in [0.2, 0.25) is 0 Å². The molecule has 2 N–H and O–H groups in total. The highest BCUT2D eigenvalue weighted by molar-refractivity contribution is 5.90. The molecule has 0 radical (unpaired) electrons. The van der Waals surface area contributed by atoms with Gasteiger partial charge in [0.1, 0.15) is 5.82 Å². The van der Waals surface area contributed by atoms with Crippen LogP contribution in [0.5, 0.6) is 0 Å². The summed E-state index contributed by atoms with van der Waals surface area (Å²) < 4.78 is 5.32. The van der Waals surface area contributed by atoms with E-state index in [1.54, 1.807) is 6.20 Å². The van der Waals surface area contributed by atoms with Crippen molar-refractivity contribution in [3.05, 3.63) is 18.3 Å². The molecule has 2 rings (SSSR count). The zero-order valence-electron chi connectivity index (χ0n) is 12.8. The number of nitrogens with one attached hydrogen (secondary N) is 2. The van der Waals surface area contributed by atoms with Crippen molar-refractivity contribution in [3.8, 4) is 0 Å². The first kappa shape index (κ1) is 15.7. The second kappa shape index (κ2) is 7.95. The van der Waals surface area contributed by atoms with E-state index in [0.717, 1.165) is 44.4 Å². The molecule has 1 amide bonds. The lowest BCUT2D eigenvalue weighted by Gasteiger charge is -2.27. The normalized spacial score (nSPS) is 16.6. The lowest BCUT2D eigenvalue weighted by Crippen LogP contribution is -2.36. The average molecular weight is 292 g/mol. The van der Waals surface area contributed by atoms with Gasteiger partial charge in [0.15, 0.2) is 0 Å². The summed E-state index contributed by atoms with van der Waals surface area (Å²) in [6, 6.07) is 4.01. The summed E-state index contributed by atoms with van der Waals surface area (Å²) >= 11 is 0. The summed E-state index contributed by atoms with van der Waals surface area (Å²) in [6.07, 6.45) is 2.17. The number of amides is 1. The van der Waals surface area contributed by atoms with Gasteiger partial charge in [-0.1, -0.05) is 6.92 Å². The lowest BCUT2D eigenvalue weighted by atomic mass is 10.2. The Kier molecular flexibility index (Phi) is 5.95. The highest BCUT2D eigenvalue weighted by atomic mass is 16.5. The van der Waals surface area contributed by atoms with Crippen LogP contribution in [0.25, 0.3) is 0 Å². The van der Waals surface area contributed by atoms with Crippen molar-refractivity contribution < 1.29 is 9.53 Å². The Bertz CT molecular complexity index is 443. The summed E-state index contributed by atoms with van der Waals surface area (Å²) in [4.78, 5) is 18.5. The number of morpholine rings is 1. The number of carbonyl (C=O) groups is 1. The van der Waals surface area contributed by atoms with E-state index in [1.807, 2.05) is 26.0 Å². The van der Waals surface area contributed by atoms with Crippen LogP contribution < -0.4 is 15.5 Å². The van der Waals surface area contributed by atoms with Crippen molar-refractivity contribution in [2.75, 3.05) is 43.1 Å². The molecule has 1 unspecified atom stereocenters. The van der Waals surface area contributed by atoms with Crippen LogP contribution in [0.4, 0.5) is 11.5 Å². The minimum Gasteiger partial charge on any atom is -0.378 e. The molecule has 116 valence electrons. The quantitative estimate of drug-likeness (QED) is 0.826. The highest BCUT2D eigenvalue weighted by Crippen LogP contribution is 2.15. The molecule has 1 saturated heterocycles. The Morgan fingerprint density at radius 1 is 1.43 bits per heavy atom. The van der Waals surface area contributed by atoms with E-state index in [4.69, 9.17) is 4.74 Å². The minimum atomic E-state index is 0.00405. The molecule has 1 atom stereocenters. The van der Waals surface area contributed by atoms with E-state index < -0.39 is 0 Å². The van der Waals surface area contributed by atoms with Crippen LogP contribution in [-0.4, -0.2) is 49.8 Å². The number of hydrogen-bond acceptors (Lipinski definition) is 5. The first-order valence-electron chi connectivity index (χ1n) is 7.51. The van der Waals surface area contributed by atoms with Crippen LogP contribution in [0.3, 0.4) is 0 Å². The molecule has 6 heteroatoms. The number of ether oxygens (including phenoxy) is 1. The van der Waals surface area contributed by atoms with Crippen molar-refractivity contribution in [3.63, 3.8) is 0 Å². The first-order valence-corrected chi connectivity index (χ1v) is 7.51. The Morgan fingerprint density at radius 2 is 2.19 bits per heavy atom. The number of anilines is 2. The molecule has 6 nitrogen and oxygen atoms in total. The summed E-state index contributed by atoms with van der Waals surface area (Å²) in [6.45, 7) is 8.10. The van der Waals surface area contributed by atoms with Gasteiger partial charge in [0.2, 0.25) is 5.91 Å². The van der Waals surface area contributed by atoms with Gasteiger partial charge in [0, 0.05) is 25.6 Å². The van der Waals surface area contributed by atoms with E-state index in [1.165, 1.54) is 0 Å². The monoisotopic (exact) mass is 292 g/mol. The maximum Gasteiger partial charge on any atom is 0.225 e. The van der Waals surface area contributed by atoms with Gasteiger partial charge in [-0.2, -0.15) is 0 Å². The van der Waals surface area contributed by atoms with Gasteiger partial charge >= 0.3 is 0 Å². The van der Waals surface area contributed by atoms with E-state index in [9.17, 15) is 4.79 Å². The Morgan fingerprint density at radius 3 is 2.81 bits per heavy atom. The van der Waals surface area contributed by atoms with Gasteiger partial charge < -0.3 is 20.3 Å². The van der Waals surface area contributed by atoms with Crippen LogP contribution >= 0.6 is 0 Å². The van der Waals surface area contributed by atoms with Crippen molar-refractivity contribution in [1.29, 1.82) is 0 Å². The number of nitrogens with zero attached hydrogens (tertiary/aromatic N) is 2. The number of hydrogen-bond donors (Lipinski definition) is 2. The molecule has 1 aromatic rings. The van der Waals surface area contributed by atoms with E-state index >= 15 is 0 Å². The molecule has 21 heavy (non-hydrogen) atoms. The SMILES string of the molecule is CCNC(C)CC(=O)Nc1ccc(N2CCOCC2)nc1. The summed E-state index contributed by atoms with van der Waals surface area (Å²) in [7, 11) is 0. The van der Waals surface area contributed by atoms with Crippen molar-refractivity contribution >= 4 is 17.4 Å². The van der Waals surface area contributed by atoms with Crippen molar-refractivity contribution in [1.82, 2.24) is 10.3 Å². The van der Waals surface area contributed by atoms with E-state index in [0.29, 0.717) is 6.42 Å². The highest BCUT2D eigenvalue weighted by Gasteiger charge is 2.13. The van der Waals surface area contributed by atoms with E-state index in [2.05, 4.69) is 20.5 Å². The molecule has 0 bridgehead atoms. The Labute approximate surface area is 125 Å². The van der Waals surface area contributed by atoms with Crippen LogP contribution in [0, 0.1) is 0 Å². The van der Waals surface area contributed by atoms with Gasteiger partial charge in [0.25, 0.3) is 0 Å². The topological polar surface area (TPSA) is 66.5 Å². The Hall–Kier alpha value is -1.66. The fourth-order valence-corrected chi connectivity index (χ4v) is 2.35. The summed E-state index contributed by atoms with van der Waals surface area (Å²) in [5, 5.41) is 6.10. The van der Waals surface area contributed by atoms with Crippen LogP contribution in [0.1, 0.15) is 20.3 Å². The van der Waals surface area contributed by atoms with Gasteiger partial charge in [-0.3, -0.25) is 4.79 Å². The fourth-order valence-electron chi connectivity index (χ4n) is 2.35. The van der Waals surface area contributed by atoms with Gasteiger partial charge in [0.05, 0.1) is 25.1 Å². The third kappa shape index (κ3) is 4.99. The number of rotatable bonds is 6. The first-order chi connectivity index (χ1) is 10.2. The summed E-state index contributed by atoms with van der Waals surface area (Å²) in [5.74, 6) is 0.932. The Balaban J connectivity index is 1.85. The number of carbonyl (C=O) groups excluding carboxylic acids is 1. The second-order valence-electron chi connectivity index (χ2n) is 5.22. The molecule has 1 aromatic heterocycles. The zero-order valence-corrected chi connectivity index (χ0v) is 12.8. The van der Waals surface area contributed by atoms with Gasteiger partial charge in [-0.25, -0.2) is 4.98 Å².